The van der Waals surface area contributed by atoms with Crippen molar-refractivity contribution in [2.24, 2.45) is 5.41 Å². The lowest BCUT2D eigenvalue weighted by molar-refractivity contribution is 0.231. The van der Waals surface area contributed by atoms with Gasteiger partial charge >= 0.3 is 0 Å². The Bertz CT molecular complexity index is 431. The number of aliphatic hydroxyl groups is 1. The molecular formula is C16H24BrNO. The maximum absolute atomic E-state index is 8.94. The molecule has 1 aliphatic rings. The van der Waals surface area contributed by atoms with Crippen molar-refractivity contribution in [1.29, 1.82) is 0 Å². The SMILES string of the molecule is CC(C)(CCCO)CNC1CCc2cc(Br)ccc21. The second-order valence-corrected chi connectivity index (χ2v) is 7.22. The molecule has 0 amide bonds. The highest BCUT2D eigenvalue weighted by molar-refractivity contribution is 9.10. The van der Waals surface area contributed by atoms with Crippen molar-refractivity contribution in [2.75, 3.05) is 13.2 Å². The quantitative estimate of drug-likeness (QED) is 0.833. The topological polar surface area (TPSA) is 32.3 Å². The van der Waals surface area contributed by atoms with Crippen molar-refractivity contribution in [3.63, 3.8) is 0 Å². The predicted molar refractivity (Wildman–Crippen MR) is 83.3 cm³/mol. The molecule has 0 saturated carbocycles. The summed E-state index contributed by atoms with van der Waals surface area (Å²) in [6, 6.07) is 7.12. The number of benzene rings is 1. The van der Waals surface area contributed by atoms with E-state index in [2.05, 4.69) is 53.3 Å². The number of hydrogen-bond donors (Lipinski definition) is 2. The average Bonchev–Trinajstić information content (AvgIpc) is 2.76. The fourth-order valence-electron chi connectivity index (χ4n) is 2.84. The Morgan fingerprint density at radius 1 is 1.42 bits per heavy atom. The van der Waals surface area contributed by atoms with Gasteiger partial charge in [0.15, 0.2) is 0 Å². The Balaban J connectivity index is 1.92. The number of rotatable bonds is 6. The van der Waals surface area contributed by atoms with Gasteiger partial charge in [-0.05, 0) is 54.4 Å². The van der Waals surface area contributed by atoms with Crippen LogP contribution in [0.15, 0.2) is 22.7 Å². The maximum Gasteiger partial charge on any atom is 0.0431 e. The summed E-state index contributed by atoms with van der Waals surface area (Å²) < 4.78 is 1.18. The summed E-state index contributed by atoms with van der Waals surface area (Å²) in [5.41, 5.74) is 3.18. The van der Waals surface area contributed by atoms with Crippen LogP contribution in [0, 0.1) is 5.41 Å². The Morgan fingerprint density at radius 3 is 2.95 bits per heavy atom. The van der Waals surface area contributed by atoms with Gasteiger partial charge in [-0.25, -0.2) is 0 Å². The van der Waals surface area contributed by atoms with Gasteiger partial charge in [-0.15, -0.1) is 0 Å². The molecule has 1 aromatic carbocycles. The van der Waals surface area contributed by atoms with Crippen LogP contribution in [0.5, 0.6) is 0 Å². The number of halogens is 1. The van der Waals surface area contributed by atoms with Gasteiger partial charge < -0.3 is 10.4 Å². The average molecular weight is 326 g/mol. The Hall–Kier alpha value is -0.380. The molecule has 1 atom stereocenters. The van der Waals surface area contributed by atoms with Crippen LogP contribution in [0.25, 0.3) is 0 Å². The molecule has 2 rings (SSSR count). The molecule has 1 aromatic rings. The fourth-order valence-corrected chi connectivity index (χ4v) is 3.25. The fraction of sp³-hybridized carbons (Fsp3) is 0.625. The third-order valence-electron chi connectivity index (χ3n) is 4.02. The van der Waals surface area contributed by atoms with E-state index in [1.165, 1.54) is 28.4 Å². The Kier molecular flexibility index (Phi) is 5.04. The second-order valence-electron chi connectivity index (χ2n) is 6.31. The van der Waals surface area contributed by atoms with Gasteiger partial charge in [0.1, 0.15) is 0 Å². The van der Waals surface area contributed by atoms with Gasteiger partial charge in [0.05, 0.1) is 0 Å². The van der Waals surface area contributed by atoms with Gasteiger partial charge in [0.2, 0.25) is 0 Å². The minimum atomic E-state index is 0.251. The number of nitrogens with one attached hydrogen (secondary N) is 1. The number of fused-ring (bicyclic) bond motifs is 1. The minimum absolute atomic E-state index is 0.251. The molecule has 1 aliphatic carbocycles. The number of hydrogen-bond acceptors (Lipinski definition) is 2. The molecule has 0 bridgehead atoms. The van der Waals surface area contributed by atoms with Crippen LogP contribution < -0.4 is 5.32 Å². The maximum atomic E-state index is 8.94. The van der Waals surface area contributed by atoms with Gasteiger partial charge in [-0.2, -0.15) is 0 Å². The molecule has 0 saturated heterocycles. The molecule has 0 heterocycles. The first-order chi connectivity index (χ1) is 9.02. The minimum Gasteiger partial charge on any atom is -0.396 e. The molecule has 0 spiro atoms. The van der Waals surface area contributed by atoms with Crippen molar-refractivity contribution in [3.8, 4) is 0 Å². The third kappa shape index (κ3) is 4.04. The van der Waals surface area contributed by atoms with Crippen LogP contribution in [0.1, 0.15) is 50.3 Å². The standard InChI is InChI=1S/C16H24BrNO/c1-16(2,8-3-9-19)11-18-15-7-4-12-10-13(17)5-6-14(12)15/h5-6,10,15,18-19H,3-4,7-9,11H2,1-2H3. The van der Waals surface area contributed by atoms with Crippen LogP contribution in [0.4, 0.5) is 0 Å². The largest absolute Gasteiger partial charge is 0.396 e. The summed E-state index contributed by atoms with van der Waals surface area (Å²) in [7, 11) is 0. The zero-order valence-corrected chi connectivity index (χ0v) is 13.5. The molecule has 0 radical (unpaired) electrons. The van der Waals surface area contributed by atoms with Crippen LogP contribution in [-0.2, 0) is 6.42 Å². The molecule has 106 valence electrons. The smallest absolute Gasteiger partial charge is 0.0431 e. The van der Waals surface area contributed by atoms with Crippen molar-refractivity contribution < 1.29 is 5.11 Å². The summed E-state index contributed by atoms with van der Waals surface area (Å²) in [4.78, 5) is 0. The molecule has 1 unspecified atom stereocenters. The summed E-state index contributed by atoms with van der Waals surface area (Å²) >= 11 is 3.54. The van der Waals surface area contributed by atoms with Crippen LogP contribution in [-0.4, -0.2) is 18.3 Å². The van der Waals surface area contributed by atoms with E-state index in [1.807, 2.05) is 0 Å². The normalized spacial score (nSPS) is 18.6. The first kappa shape index (κ1) is 15.0. The second kappa shape index (κ2) is 6.38. The first-order valence-electron chi connectivity index (χ1n) is 7.14. The van der Waals surface area contributed by atoms with E-state index < -0.39 is 0 Å². The highest BCUT2D eigenvalue weighted by atomic mass is 79.9. The van der Waals surface area contributed by atoms with E-state index in [9.17, 15) is 0 Å². The first-order valence-corrected chi connectivity index (χ1v) is 7.94. The van der Waals surface area contributed by atoms with Crippen molar-refractivity contribution in [3.05, 3.63) is 33.8 Å². The van der Waals surface area contributed by atoms with Gasteiger partial charge in [0.25, 0.3) is 0 Å². The number of aliphatic hydroxyl groups excluding tert-OH is 1. The molecule has 2 nitrogen and oxygen atoms in total. The third-order valence-corrected chi connectivity index (χ3v) is 4.51. The highest BCUT2D eigenvalue weighted by Crippen LogP contribution is 2.33. The molecule has 19 heavy (non-hydrogen) atoms. The summed E-state index contributed by atoms with van der Waals surface area (Å²) in [6.07, 6.45) is 4.32. The van der Waals surface area contributed by atoms with Gasteiger partial charge in [-0.3, -0.25) is 0 Å². The molecule has 0 aromatic heterocycles. The van der Waals surface area contributed by atoms with E-state index in [1.54, 1.807) is 0 Å². The van der Waals surface area contributed by atoms with E-state index in [0.717, 1.165) is 19.4 Å². The van der Waals surface area contributed by atoms with E-state index in [-0.39, 0.29) is 5.41 Å². The molecule has 3 heteroatoms. The zero-order valence-electron chi connectivity index (χ0n) is 11.9. The van der Waals surface area contributed by atoms with E-state index >= 15 is 0 Å². The van der Waals surface area contributed by atoms with Crippen molar-refractivity contribution in [1.82, 2.24) is 5.32 Å². The van der Waals surface area contributed by atoms with Crippen LogP contribution >= 0.6 is 15.9 Å². The molecule has 0 aliphatic heterocycles. The van der Waals surface area contributed by atoms with E-state index in [4.69, 9.17) is 5.11 Å². The van der Waals surface area contributed by atoms with Gasteiger partial charge in [0, 0.05) is 23.7 Å². The van der Waals surface area contributed by atoms with Crippen molar-refractivity contribution in [2.45, 2.75) is 45.6 Å². The van der Waals surface area contributed by atoms with E-state index in [0.29, 0.717) is 12.6 Å². The molecule has 2 N–H and O–H groups in total. The number of aryl methyl sites for hydroxylation is 1. The lowest BCUT2D eigenvalue weighted by atomic mass is 9.87. The van der Waals surface area contributed by atoms with Crippen LogP contribution in [0.3, 0.4) is 0 Å². The summed E-state index contributed by atoms with van der Waals surface area (Å²) in [6.45, 7) is 5.84. The lowest BCUT2D eigenvalue weighted by Gasteiger charge is -2.27. The summed E-state index contributed by atoms with van der Waals surface area (Å²) in [5, 5.41) is 12.7. The van der Waals surface area contributed by atoms with Crippen LogP contribution in [0.2, 0.25) is 0 Å². The lowest BCUT2D eigenvalue weighted by Crippen LogP contribution is -2.31. The predicted octanol–water partition coefficient (Wildman–Crippen LogP) is 3.82. The molecular weight excluding hydrogens is 302 g/mol. The zero-order chi connectivity index (χ0) is 13.9. The monoisotopic (exact) mass is 325 g/mol. The molecule has 0 fully saturated rings. The van der Waals surface area contributed by atoms with Crippen molar-refractivity contribution >= 4 is 15.9 Å². The summed E-state index contributed by atoms with van der Waals surface area (Å²) in [5.74, 6) is 0. The Labute approximate surface area is 124 Å². The Morgan fingerprint density at radius 2 is 2.21 bits per heavy atom. The highest BCUT2D eigenvalue weighted by Gasteiger charge is 2.25. The van der Waals surface area contributed by atoms with Gasteiger partial charge in [-0.1, -0.05) is 35.8 Å².